The summed E-state index contributed by atoms with van der Waals surface area (Å²) in [7, 11) is 1.29. The molecule has 1 aliphatic heterocycles. The van der Waals surface area contributed by atoms with Gasteiger partial charge in [0.2, 0.25) is 0 Å². The lowest BCUT2D eigenvalue weighted by atomic mass is 9.90. The van der Waals surface area contributed by atoms with Crippen molar-refractivity contribution in [1.29, 1.82) is 0 Å². The van der Waals surface area contributed by atoms with E-state index in [0.717, 1.165) is 0 Å². The number of fused-ring (bicyclic) bond motifs is 1. The highest BCUT2D eigenvalue weighted by Crippen LogP contribution is 2.37. The second-order valence-electron chi connectivity index (χ2n) is 6.42. The Morgan fingerprint density at radius 1 is 1.33 bits per heavy atom. The highest BCUT2D eigenvalue weighted by Gasteiger charge is 2.49. The molecule has 2 rings (SSSR count). The molecule has 3 atom stereocenters. The van der Waals surface area contributed by atoms with Crippen molar-refractivity contribution < 1.29 is 23.9 Å². The molecule has 0 aromatic rings. The first kappa shape index (κ1) is 15.5. The molecule has 6 nitrogen and oxygen atoms in total. The van der Waals surface area contributed by atoms with Gasteiger partial charge in [0.05, 0.1) is 7.11 Å². The summed E-state index contributed by atoms with van der Waals surface area (Å²) in [6, 6.07) is -1.03. The van der Waals surface area contributed by atoms with Gasteiger partial charge >= 0.3 is 12.1 Å². The van der Waals surface area contributed by atoms with Crippen molar-refractivity contribution in [1.82, 2.24) is 4.90 Å². The van der Waals surface area contributed by atoms with Gasteiger partial charge in [0.25, 0.3) is 0 Å². The zero-order valence-corrected chi connectivity index (χ0v) is 12.8. The molecule has 1 amide bonds. The van der Waals surface area contributed by atoms with Crippen LogP contribution in [0.3, 0.4) is 0 Å². The Kier molecular flexibility index (Phi) is 4.07. The summed E-state index contributed by atoms with van der Waals surface area (Å²) in [6.45, 7) is 5.28. The zero-order valence-electron chi connectivity index (χ0n) is 12.8. The predicted octanol–water partition coefficient (Wildman–Crippen LogP) is 1.68. The van der Waals surface area contributed by atoms with Gasteiger partial charge in [-0.3, -0.25) is 9.69 Å². The van der Waals surface area contributed by atoms with E-state index in [9.17, 15) is 14.4 Å². The second kappa shape index (κ2) is 5.50. The predicted molar refractivity (Wildman–Crippen MR) is 74.5 cm³/mol. The number of rotatable bonds is 1. The van der Waals surface area contributed by atoms with Gasteiger partial charge in [-0.1, -0.05) is 6.08 Å². The monoisotopic (exact) mass is 295 g/mol. The maximum absolute atomic E-state index is 12.4. The Balaban J connectivity index is 2.27. The smallest absolute Gasteiger partial charge is 0.411 e. The second-order valence-corrected chi connectivity index (χ2v) is 6.42. The van der Waals surface area contributed by atoms with Crippen LogP contribution in [0.15, 0.2) is 12.2 Å². The first-order chi connectivity index (χ1) is 9.73. The molecule has 1 heterocycles. The molecule has 0 unspecified atom stereocenters. The minimum Gasteiger partial charge on any atom is -0.467 e. The summed E-state index contributed by atoms with van der Waals surface area (Å²) in [5, 5.41) is 0. The summed E-state index contributed by atoms with van der Waals surface area (Å²) in [5.41, 5.74) is -0.662. The van der Waals surface area contributed by atoms with Gasteiger partial charge in [-0.15, -0.1) is 0 Å². The number of esters is 1. The minimum absolute atomic E-state index is 0.0145. The normalized spacial score (nSPS) is 28.3. The molecule has 2 aliphatic rings. The maximum Gasteiger partial charge on any atom is 0.411 e. The molecule has 6 heteroatoms. The fourth-order valence-electron chi connectivity index (χ4n) is 2.85. The number of ether oxygens (including phenoxy) is 2. The van der Waals surface area contributed by atoms with Crippen LogP contribution in [0.4, 0.5) is 4.79 Å². The lowest BCUT2D eigenvalue weighted by Crippen LogP contribution is -2.49. The largest absolute Gasteiger partial charge is 0.467 e. The van der Waals surface area contributed by atoms with Crippen LogP contribution in [0.25, 0.3) is 0 Å². The molecule has 1 saturated heterocycles. The topological polar surface area (TPSA) is 72.9 Å². The molecule has 0 aromatic heterocycles. The lowest BCUT2D eigenvalue weighted by Gasteiger charge is -2.32. The molecule has 0 aromatic carbocycles. The molecular formula is C15H21NO5. The van der Waals surface area contributed by atoms with E-state index < -0.39 is 23.7 Å². The number of ketones is 1. The fraction of sp³-hybridized carbons (Fsp3) is 0.667. The van der Waals surface area contributed by atoms with Crippen molar-refractivity contribution in [3.63, 3.8) is 0 Å². The summed E-state index contributed by atoms with van der Waals surface area (Å²) in [5.74, 6) is -0.536. The van der Waals surface area contributed by atoms with Crippen LogP contribution in [-0.4, -0.2) is 47.5 Å². The van der Waals surface area contributed by atoms with Gasteiger partial charge in [0.15, 0.2) is 5.78 Å². The maximum atomic E-state index is 12.4. The Labute approximate surface area is 124 Å². The molecule has 0 spiro atoms. The van der Waals surface area contributed by atoms with Crippen LogP contribution >= 0.6 is 0 Å². The standard InChI is InChI=1S/C15H21NO5/c1-15(2,3)21-14(19)16-11-8-10(17)6-5-9(11)7-12(16)13(18)20-4/h5-6,9,11-12H,7-8H2,1-4H3/t9-,11-,12+/m1/s1. The number of likely N-dealkylation sites (tertiary alicyclic amines) is 1. The van der Waals surface area contributed by atoms with E-state index in [1.165, 1.54) is 18.1 Å². The van der Waals surface area contributed by atoms with Crippen LogP contribution in [0, 0.1) is 5.92 Å². The first-order valence-electron chi connectivity index (χ1n) is 7.03. The molecule has 1 aliphatic carbocycles. The van der Waals surface area contributed by atoms with Gasteiger partial charge in [-0.25, -0.2) is 9.59 Å². The minimum atomic E-state index is -0.699. The van der Waals surface area contributed by atoms with E-state index in [1.54, 1.807) is 26.8 Å². The van der Waals surface area contributed by atoms with E-state index in [0.29, 0.717) is 6.42 Å². The first-order valence-corrected chi connectivity index (χ1v) is 7.03. The number of hydrogen-bond donors (Lipinski definition) is 0. The van der Waals surface area contributed by atoms with E-state index in [2.05, 4.69) is 0 Å². The summed E-state index contributed by atoms with van der Waals surface area (Å²) in [6.07, 6.45) is 3.40. The number of carbonyl (C=O) groups excluding carboxylic acids is 3. The molecule has 0 radical (unpaired) electrons. The van der Waals surface area contributed by atoms with Crippen LogP contribution < -0.4 is 0 Å². The van der Waals surface area contributed by atoms with E-state index in [-0.39, 0.29) is 24.2 Å². The number of amides is 1. The zero-order chi connectivity index (χ0) is 15.8. The van der Waals surface area contributed by atoms with Gasteiger partial charge in [-0.05, 0) is 33.3 Å². The van der Waals surface area contributed by atoms with Crippen LogP contribution in [0.5, 0.6) is 0 Å². The van der Waals surface area contributed by atoms with Crippen LogP contribution in [-0.2, 0) is 19.1 Å². The average Bonchev–Trinajstić information content (AvgIpc) is 2.74. The Morgan fingerprint density at radius 2 is 2.00 bits per heavy atom. The number of methoxy groups -OCH3 is 1. The lowest BCUT2D eigenvalue weighted by molar-refractivity contribution is -0.146. The van der Waals surface area contributed by atoms with Crippen molar-refractivity contribution in [2.45, 2.75) is 51.3 Å². The van der Waals surface area contributed by atoms with Gasteiger partial charge in [0.1, 0.15) is 11.6 Å². The number of carbonyl (C=O) groups is 3. The van der Waals surface area contributed by atoms with Crippen molar-refractivity contribution >= 4 is 17.8 Å². The van der Waals surface area contributed by atoms with Gasteiger partial charge < -0.3 is 9.47 Å². The van der Waals surface area contributed by atoms with Gasteiger partial charge in [-0.2, -0.15) is 0 Å². The van der Waals surface area contributed by atoms with Crippen molar-refractivity contribution in [3.8, 4) is 0 Å². The molecule has 0 bridgehead atoms. The van der Waals surface area contributed by atoms with Crippen molar-refractivity contribution in [3.05, 3.63) is 12.2 Å². The van der Waals surface area contributed by atoms with Crippen LogP contribution in [0.1, 0.15) is 33.6 Å². The number of allylic oxidation sites excluding steroid dienone is 1. The Hall–Kier alpha value is -1.85. The quantitative estimate of drug-likeness (QED) is 0.688. The number of hydrogen-bond acceptors (Lipinski definition) is 5. The highest BCUT2D eigenvalue weighted by molar-refractivity contribution is 5.92. The molecule has 116 valence electrons. The van der Waals surface area contributed by atoms with E-state index in [4.69, 9.17) is 9.47 Å². The molecule has 21 heavy (non-hydrogen) atoms. The SMILES string of the molecule is COC(=O)[C@@H]1C[C@H]2C=CC(=O)C[C@H]2N1C(=O)OC(C)(C)C. The van der Waals surface area contributed by atoms with E-state index >= 15 is 0 Å². The summed E-state index contributed by atoms with van der Waals surface area (Å²) in [4.78, 5) is 37.4. The Morgan fingerprint density at radius 3 is 2.57 bits per heavy atom. The van der Waals surface area contributed by atoms with Crippen molar-refractivity contribution in [2.24, 2.45) is 5.92 Å². The Bertz CT molecular complexity index is 491. The third kappa shape index (κ3) is 3.25. The summed E-state index contributed by atoms with van der Waals surface area (Å²) < 4.78 is 10.2. The third-order valence-corrected chi connectivity index (χ3v) is 3.70. The van der Waals surface area contributed by atoms with E-state index in [1.807, 2.05) is 0 Å². The fourth-order valence-corrected chi connectivity index (χ4v) is 2.85. The molecule has 0 saturated carbocycles. The number of nitrogens with zero attached hydrogens (tertiary/aromatic N) is 1. The third-order valence-electron chi connectivity index (χ3n) is 3.70. The van der Waals surface area contributed by atoms with Crippen LogP contribution in [0.2, 0.25) is 0 Å². The molecule has 1 fully saturated rings. The summed E-state index contributed by atoms with van der Waals surface area (Å²) >= 11 is 0. The molecule has 0 N–H and O–H groups in total. The van der Waals surface area contributed by atoms with Crippen molar-refractivity contribution in [2.75, 3.05) is 7.11 Å². The molecular weight excluding hydrogens is 274 g/mol. The van der Waals surface area contributed by atoms with Gasteiger partial charge in [0, 0.05) is 18.4 Å². The highest BCUT2D eigenvalue weighted by atomic mass is 16.6. The average molecular weight is 295 g/mol.